The van der Waals surface area contributed by atoms with Gasteiger partial charge in [-0.1, -0.05) is 0 Å². The van der Waals surface area contributed by atoms with Gasteiger partial charge in [-0.3, -0.25) is 4.79 Å². The third kappa shape index (κ3) is 6.15. The molecule has 0 aliphatic heterocycles. The van der Waals surface area contributed by atoms with Crippen LogP contribution in [0.3, 0.4) is 0 Å². The summed E-state index contributed by atoms with van der Waals surface area (Å²) in [5.74, 6) is -1.26. The zero-order valence-corrected chi connectivity index (χ0v) is 9.37. The van der Waals surface area contributed by atoms with Crippen molar-refractivity contribution in [3.63, 3.8) is 0 Å². The molecule has 0 saturated carbocycles. The Hall–Kier alpha value is -1.24. The van der Waals surface area contributed by atoms with Crippen LogP contribution in [0, 0.1) is 5.82 Å². The molecule has 1 N–H and O–H groups in total. The van der Waals surface area contributed by atoms with Gasteiger partial charge in [0.05, 0.1) is 5.75 Å². The van der Waals surface area contributed by atoms with E-state index in [0.717, 1.165) is 11.8 Å². The number of alkyl halides is 3. The molecule has 1 amide bonds. The molecular formula is C10H9F4NOS. The van der Waals surface area contributed by atoms with Crippen molar-refractivity contribution in [2.24, 2.45) is 0 Å². The molecule has 0 fully saturated rings. The molecule has 0 heterocycles. The summed E-state index contributed by atoms with van der Waals surface area (Å²) in [4.78, 5) is 11.6. The lowest BCUT2D eigenvalue weighted by molar-refractivity contribution is -0.136. The van der Waals surface area contributed by atoms with Crippen molar-refractivity contribution in [3.8, 4) is 0 Å². The van der Waals surface area contributed by atoms with Crippen LogP contribution >= 0.6 is 11.8 Å². The van der Waals surface area contributed by atoms with Gasteiger partial charge in [-0.05, 0) is 24.3 Å². The first-order valence-electron chi connectivity index (χ1n) is 4.58. The first kappa shape index (κ1) is 13.8. The molecule has 2 nitrogen and oxygen atoms in total. The fourth-order valence-corrected chi connectivity index (χ4v) is 1.66. The van der Waals surface area contributed by atoms with Crippen molar-refractivity contribution >= 4 is 17.7 Å². The van der Waals surface area contributed by atoms with Crippen molar-refractivity contribution < 1.29 is 22.4 Å². The Morgan fingerprint density at radius 2 is 1.82 bits per heavy atom. The van der Waals surface area contributed by atoms with Gasteiger partial charge in [-0.2, -0.15) is 13.2 Å². The van der Waals surface area contributed by atoms with Gasteiger partial charge in [0, 0.05) is 4.90 Å². The molecule has 1 aromatic carbocycles. The lowest BCUT2D eigenvalue weighted by Crippen LogP contribution is -2.34. The molecule has 1 rings (SSSR count). The number of benzene rings is 1. The number of carbonyl (C=O) groups is 1. The minimum absolute atomic E-state index is 0.137. The second-order valence-corrected chi connectivity index (χ2v) is 4.18. The molecule has 0 aromatic heterocycles. The van der Waals surface area contributed by atoms with E-state index in [2.05, 4.69) is 0 Å². The number of hydrogen-bond donors (Lipinski definition) is 1. The van der Waals surface area contributed by atoms with E-state index in [-0.39, 0.29) is 5.75 Å². The van der Waals surface area contributed by atoms with Gasteiger partial charge < -0.3 is 5.32 Å². The summed E-state index contributed by atoms with van der Waals surface area (Å²) < 4.78 is 47.8. The number of nitrogens with one attached hydrogen (secondary N) is 1. The fourth-order valence-electron chi connectivity index (χ4n) is 0.930. The van der Waals surface area contributed by atoms with Crippen LogP contribution in [0.5, 0.6) is 0 Å². The zero-order valence-electron chi connectivity index (χ0n) is 8.55. The Bertz CT molecular complexity index is 377. The highest BCUT2D eigenvalue weighted by molar-refractivity contribution is 8.00. The molecular weight excluding hydrogens is 258 g/mol. The van der Waals surface area contributed by atoms with E-state index in [4.69, 9.17) is 0 Å². The average molecular weight is 267 g/mol. The van der Waals surface area contributed by atoms with E-state index >= 15 is 0 Å². The van der Waals surface area contributed by atoms with Crippen molar-refractivity contribution in [2.75, 3.05) is 12.3 Å². The smallest absolute Gasteiger partial charge is 0.346 e. The Morgan fingerprint density at radius 1 is 1.24 bits per heavy atom. The molecule has 0 aliphatic carbocycles. The van der Waals surface area contributed by atoms with Crippen LogP contribution in [-0.2, 0) is 4.79 Å². The molecule has 1 aromatic rings. The van der Waals surface area contributed by atoms with Crippen molar-refractivity contribution in [3.05, 3.63) is 30.1 Å². The second-order valence-electron chi connectivity index (χ2n) is 3.13. The van der Waals surface area contributed by atoms with E-state index in [9.17, 15) is 22.4 Å². The second kappa shape index (κ2) is 5.90. The first-order valence-corrected chi connectivity index (χ1v) is 5.57. The standard InChI is InChI=1S/C10H9F4NOS/c11-7-1-3-8(4-2-7)17-5-9(16)15-6-10(12,13)14/h1-4H,5-6H2,(H,15,16). The summed E-state index contributed by atoms with van der Waals surface area (Å²) in [6.07, 6.45) is -4.41. The quantitative estimate of drug-likeness (QED) is 0.671. The Balaban J connectivity index is 2.31. The minimum atomic E-state index is -4.41. The zero-order chi connectivity index (χ0) is 12.9. The number of amides is 1. The summed E-state index contributed by atoms with van der Waals surface area (Å²) in [7, 11) is 0. The highest BCUT2D eigenvalue weighted by Gasteiger charge is 2.27. The van der Waals surface area contributed by atoms with Gasteiger partial charge in [-0.25, -0.2) is 4.39 Å². The predicted molar refractivity (Wildman–Crippen MR) is 56.2 cm³/mol. The van der Waals surface area contributed by atoms with Crippen LogP contribution < -0.4 is 5.32 Å². The van der Waals surface area contributed by atoms with Gasteiger partial charge in [0.15, 0.2) is 0 Å². The molecule has 94 valence electrons. The Kier molecular flexibility index (Phi) is 4.80. The summed E-state index contributed by atoms with van der Waals surface area (Å²) >= 11 is 1.04. The topological polar surface area (TPSA) is 29.1 Å². The monoisotopic (exact) mass is 267 g/mol. The first-order chi connectivity index (χ1) is 7.87. The summed E-state index contributed by atoms with van der Waals surface area (Å²) in [6, 6.07) is 5.35. The lowest BCUT2D eigenvalue weighted by atomic mass is 10.4. The van der Waals surface area contributed by atoms with Crippen LogP contribution in [0.25, 0.3) is 0 Å². The molecule has 0 unspecified atom stereocenters. The average Bonchev–Trinajstić information content (AvgIpc) is 2.25. The van der Waals surface area contributed by atoms with E-state index in [1.807, 2.05) is 0 Å². The molecule has 0 radical (unpaired) electrons. The van der Waals surface area contributed by atoms with Crippen LogP contribution in [0.2, 0.25) is 0 Å². The largest absolute Gasteiger partial charge is 0.405 e. The van der Waals surface area contributed by atoms with Crippen LogP contribution in [0.15, 0.2) is 29.2 Å². The van der Waals surface area contributed by atoms with E-state index in [1.165, 1.54) is 24.3 Å². The fraction of sp³-hybridized carbons (Fsp3) is 0.300. The number of hydrogen-bond acceptors (Lipinski definition) is 2. The third-order valence-corrected chi connectivity index (χ3v) is 2.68. The number of thioether (sulfide) groups is 1. The highest BCUT2D eigenvalue weighted by Crippen LogP contribution is 2.18. The van der Waals surface area contributed by atoms with Crippen LogP contribution in [-0.4, -0.2) is 24.4 Å². The van der Waals surface area contributed by atoms with Crippen LogP contribution in [0.4, 0.5) is 17.6 Å². The maximum absolute atomic E-state index is 12.5. The Morgan fingerprint density at radius 3 is 2.35 bits per heavy atom. The molecule has 0 bridgehead atoms. The lowest BCUT2D eigenvalue weighted by Gasteiger charge is -2.07. The summed E-state index contributed by atoms with van der Waals surface area (Å²) in [5, 5.41) is 1.75. The number of carbonyl (C=O) groups excluding carboxylic acids is 1. The normalized spacial score (nSPS) is 11.3. The molecule has 0 atom stereocenters. The van der Waals surface area contributed by atoms with E-state index in [1.54, 1.807) is 5.32 Å². The SMILES string of the molecule is O=C(CSc1ccc(F)cc1)NCC(F)(F)F. The molecule has 0 aliphatic rings. The van der Waals surface area contributed by atoms with Gasteiger partial charge in [0.2, 0.25) is 5.91 Å². The van der Waals surface area contributed by atoms with Crippen molar-refractivity contribution in [2.45, 2.75) is 11.1 Å². The maximum atomic E-state index is 12.5. The Labute approximate surface area is 99.4 Å². The minimum Gasteiger partial charge on any atom is -0.346 e. The van der Waals surface area contributed by atoms with Gasteiger partial charge in [0.1, 0.15) is 12.4 Å². The molecule has 0 spiro atoms. The number of halogens is 4. The van der Waals surface area contributed by atoms with Gasteiger partial charge in [-0.15, -0.1) is 11.8 Å². The molecule has 7 heteroatoms. The summed E-state index contributed by atoms with van der Waals surface area (Å²) in [5.41, 5.74) is 0. The predicted octanol–water partition coefficient (Wildman–Crippen LogP) is 2.60. The third-order valence-electron chi connectivity index (χ3n) is 1.67. The van der Waals surface area contributed by atoms with E-state index in [0.29, 0.717) is 4.90 Å². The van der Waals surface area contributed by atoms with Crippen molar-refractivity contribution in [1.29, 1.82) is 0 Å². The summed E-state index contributed by atoms with van der Waals surface area (Å²) in [6.45, 7) is -1.34. The molecule has 17 heavy (non-hydrogen) atoms. The van der Waals surface area contributed by atoms with E-state index < -0.39 is 24.4 Å². The van der Waals surface area contributed by atoms with Crippen LogP contribution in [0.1, 0.15) is 0 Å². The highest BCUT2D eigenvalue weighted by atomic mass is 32.2. The van der Waals surface area contributed by atoms with Crippen molar-refractivity contribution in [1.82, 2.24) is 5.32 Å². The van der Waals surface area contributed by atoms with Gasteiger partial charge in [0.25, 0.3) is 0 Å². The molecule has 0 saturated heterocycles. The maximum Gasteiger partial charge on any atom is 0.405 e. The van der Waals surface area contributed by atoms with Gasteiger partial charge >= 0.3 is 6.18 Å². The number of rotatable bonds is 4.